The maximum atomic E-state index is 11.9. The van der Waals surface area contributed by atoms with E-state index < -0.39 is 17.0 Å². The van der Waals surface area contributed by atoms with Gasteiger partial charge >= 0.3 is 6.03 Å². The molecule has 0 radical (unpaired) electrons. The quantitative estimate of drug-likeness (QED) is 0.550. The van der Waals surface area contributed by atoms with Crippen LogP contribution in [-0.4, -0.2) is 29.4 Å². The number of rotatable bonds is 6. The Hall–Kier alpha value is -2.64. The van der Waals surface area contributed by atoms with Crippen molar-refractivity contribution in [3.05, 3.63) is 33.9 Å². The number of amides is 3. The van der Waals surface area contributed by atoms with E-state index in [1.807, 2.05) is 6.92 Å². The predicted octanol–water partition coefficient (Wildman–Crippen LogP) is 1.94. The van der Waals surface area contributed by atoms with E-state index in [0.717, 1.165) is 6.42 Å². The number of nitro benzene ring substituents is 1. The maximum absolute atomic E-state index is 11.9. The fraction of sp³-hybridized carbons (Fsp3) is 0.429. The second-order valence-corrected chi connectivity index (χ2v) is 4.87. The lowest BCUT2D eigenvalue weighted by Gasteiger charge is -2.15. The number of benzene rings is 1. The molecule has 22 heavy (non-hydrogen) atoms. The number of carbonyl (C=O) groups excluding carboxylic acids is 2. The minimum absolute atomic E-state index is 0.116. The number of non-ortho nitro benzene ring substituents is 1. The number of urea groups is 1. The zero-order valence-electron chi connectivity index (χ0n) is 12.8. The first-order chi connectivity index (χ1) is 10.3. The highest BCUT2D eigenvalue weighted by Gasteiger charge is 2.16. The summed E-state index contributed by atoms with van der Waals surface area (Å²) >= 11 is 0. The Labute approximate surface area is 128 Å². The van der Waals surface area contributed by atoms with Gasteiger partial charge in [0, 0.05) is 18.7 Å². The molecule has 1 rings (SSSR count). The minimum Gasteiger partial charge on any atom is -0.354 e. The van der Waals surface area contributed by atoms with Gasteiger partial charge in [0.2, 0.25) is 5.91 Å². The first-order valence-electron chi connectivity index (χ1n) is 6.95. The molecule has 3 amide bonds. The van der Waals surface area contributed by atoms with Crippen LogP contribution in [0, 0.1) is 17.0 Å². The van der Waals surface area contributed by atoms with Gasteiger partial charge in [0.25, 0.3) is 5.69 Å². The van der Waals surface area contributed by atoms with E-state index >= 15 is 0 Å². The van der Waals surface area contributed by atoms with E-state index in [1.54, 1.807) is 19.9 Å². The van der Waals surface area contributed by atoms with Crippen molar-refractivity contribution in [1.29, 1.82) is 0 Å². The molecule has 1 aromatic carbocycles. The van der Waals surface area contributed by atoms with Crippen LogP contribution in [0.3, 0.4) is 0 Å². The molecule has 0 aliphatic carbocycles. The lowest BCUT2D eigenvalue weighted by molar-refractivity contribution is -0.384. The number of nitrogens with zero attached hydrogens (tertiary/aromatic N) is 1. The number of carbonyl (C=O) groups is 2. The molecule has 1 aromatic rings. The standard InChI is InChI=1S/C14H20N4O4/c1-4-7-15-13(19)10(3)16-14(20)17-12-8-11(18(21)22)6-5-9(12)2/h5-6,8,10H,4,7H2,1-3H3,(H,15,19)(H2,16,17,20). The first-order valence-corrected chi connectivity index (χ1v) is 6.95. The zero-order chi connectivity index (χ0) is 16.7. The van der Waals surface area contributed by atoms with Crippen molar-refractivity contribution < 1.29 is 14.5 Å². The van der Waals surface area contributed by atoms with E-state index in [2.05, 4.69) is 16.0 Å². The first kappa shape index (κ1) is 17.4. The summed E-state index contributed by atoms with van der Waals surface area (Å²) < 4.78 is 0. The number of nitrogens with one attached hydrogen (secondary N) is 3. The monoisotopic (exact) mass is 308 g/mol. The van der Waals surface area contributed by atoms with Crippen LogP contribution in [-0.2, 0) is 4.79 Å². The number of nitro groups is 1. The van der Waals surface area contributed by atoms with Crippen molar-refractivity contribution in [3.8, 4) is 0 Å². The van der Waals surface area contributed by atoms with Gasteiger partial charge in [0.1, 0.15) is 6.04 Å². The normalized spacial score (nSPS) is 11.4. The Bertz CT molecular complexity index is 574. The van der Waals surface area contributed by atoms with Gasteiger partial charge in [-0.15, -0.1) is 0 Å². The summed E-state index contributed by atoms with van der Waals surface area (Å²) in [6.07, 6.45) is 0.803. The van der Waals surface area contributed by atoms with Crippen molar-refractivity contribution in [2.45, 2.75) is 33.2 Å². The lowest BCUT2D eigenvalue weighted by Crippen LogP contribution is -2.46. The molecule has 1 unspecified atom stereocenters. The van der Waals surface area contributed by atoms with Crippen molar-refractivity contribution >= 4 is 23.3 Å². The van der Waals surface area contributed by atoms with Crippen molar-refractivity contribution in [3.63, 3.8) is 0 Å². The van der Waals surface area contributed by atoms with E-state index in [1.165, 1.54) is 12.1 Å². The number of hydrogen-bond donors (Lipinski definition) is 3. The van der Waals surface area contributed by atoms with Crippen LogP contribution in [0.25, 0.3) is 0 Å². The second-order valence-electron chi connectivity index (χ2n) is 4.87. The molecule has 0 spiro atoms. The summed E-state index contributed by atoms with van der Waals surface area (Å²) in [5, 5.41) is 18.4. The molecular formula is C14H20N4O4. The molecule has 0 aromatic heterocycles. The molecule has 0 aliphatic rings. The average molecular weight is 308 g/mol. The van der Waals surface area contributed by atoms with Crippen LogP contribution in [0.2, 0.25) is 0 Å². The summed E-state index contributed by atoms with van der Waals surface area (Å²) in [5.74, 6) is -0.284. The van der Waals surface area contributed by atoms with E-state index in [4.69, 9.17) is 0 Å². The summed E-state index contributed by atoms with van der Waals surface area (Å²) in [4.78, 5) is 33.7. The summed E-state index contributed by atoms with van der Waals surface area (Å²) in [7, 11) is 0. The van der Waals surface area contributed by atoms with Gasteiger partial charge in [-0.25, -0.2) is 4.79 Å². The number of aryl methyl sites for hydroxylation is 1. The van der Waals surface area contributed by atoms with E-state index in [9.17, 15) is 19.7 Å². The molecule has 0 bridgehead atoms. The molecule has 1 atom stereocenters. The average Bonchev–Trinajstić information content (AvgIpc) is 2.46. The molecule has 8 heteroatoms. The molecule has 0 saturated heterocycles. The van der Waals surface area contributed by atoms with Gasteiger partial charge in [-0.3, -0.25) is 14.9 Å². The zero-order valence-corrected chi connectivity index (χ0v) is 12.8. The highest BCUT2D eigenvalue weighted by molar-refractivity contribution is 5.94. The largest absolute Gasteiger partial charge is 0.354 e. The van der Waals surface area contributed by atoms with Gasteiger partial charge in [0.05, 0.1) is 10.6 Å². The van der Waals surface area contributed by atoms with Gasteiger partial charge in [-0.1, -0.05) is 13.0 Å². The molecule has 0 fully saturated rings. The smallest absolute Gasteiger partial charge is 0.319 e. The Morgan fingerprint density at radius 1 is 1.36 bits per heavy atom. The van der Waals surface area contributed by atoms with E-state index in [0.29, 0.717) is 17.8 Å². The molecule has 8 nitrogen and oxygen atoms in total. The second kappa shape index (κ2) is 7.96. The molecular weight excluding hydrogens is 288 g/mol. The Morgan fingerprint density at radius 2 is 2.05 bits per heavy atom. The van der Waals surface area contributed by atoms with Crippen LogP contribution in [0.5, 0.6) is 0 Å². The fourth-order valence-electron chi connectivity index (χ4n) is 1.68. The molecule has 0 aliphatic heterocycles. The summed E-state index contributed by atoms with van der Waals surface area (Å²) in [5.41, 5.74) is 0.895. The van der Waals surface area contributed by atoms with Gasteiger partial charge in [-0.05, 0) is 25.8 Å². The molecule has 0 saturated carbocycles. The number of hydrogen-bond acceptors (Lipinski definition) is 4. The van der Waals surface area contributed by atoms with Crippen LogP contribution in [0.1, 0.15) is 25.8 Å². The fourth-order valence-corrected chi connectivity index (χ4v) is 1.68. The third kappa shape index (κ3) is 5.04. The van der Waals surface area contributed by atoms with Crippen LogP contribution < -0.4 is 16.0 Å². The van der Waals surface area contributed by atoms with Gasteiger partial charge in [-0.2, -0.15) is 0 Å². The Kier molecular flexibility index (Phi) is 6.30. The predicted molar refractivity (Wildman–Crippen MR) is 82.8 cm³/mol. The third-order valence-corrected chi connectivity index (χ3v) is 2.97. The van der Waals surface area contributed by atoms with Crippen molar-refractivity contribution in [2.75, 3.05) is 11.9 Å². The molecule has 0 heterocycles. The Balaban J connectivity index is 2.67. The lowest BCUT2D eigenvalue weighted by atomic mass is 10.2. The highest BCUT2D eigenvalue weighted by Crippen LogP contribution is 2.21. The summed E-state index contributed by atoms with van der Waals surface area (Å²) in [6, 6.07) is 2.88. The SMILES string of the molecule is CCCNC(=O)C(C)NC(=O)Nc1cc([N+](=O)[O-])ccc1C. The summed E-state index contributed by atoms with van der Waals surface area (Å²) in [6.45, 7) is 5.74. The minimum atomic E-state index is -0.703. The maximum Gasteiger partial charge on any atom is 0.319 e. The van der Waals surface area contributed by atoms with Crippen LogP contribution in [0.15, 0.2) is 18.2 Å². The van der Waals surface area contributed by atoms with Gasteiger partial charge in [0.15, 0.2) is 0 Å². The topological polar surface area (TPSA) is 113 Å². The molecule has 120 valence electrons. The third-order valence-electron chi connectivity index (χ3n) is 2.97. The van der Waals surface area contributed by atoms with Crippen LogP contribution in [0.4, 0.5) is 16.2 Å². The Morgan fingerprint density at radius 3 is 2.64 bits per heavy atom. The van der Waals surface area contributed by atoms with Gasteiger partial charge < -0.3 is 16.0 Å². The molecule has 3 N–H and O–H groups in total. The van der Waals surface area contributed by atoms with E-state index in [-0.39, 0.29) is 11.6 Å². The van der Waals surface area contributed by atoms with Crippen molar-refractivity contribution in [1.82, 2.24) is 10.6 Å². The highest BCUT2D eigenvalue weighted by atomic mass is 16.6. The number of anilines is 1. The van der Waals surface area contributed by atoms with Crippen LogP contribution >= 0.6 is 0 Å². The van der Waals surface area contributed by atoms with Crippen molar-refractivity contribution in [2.24, 2.45) is 0 Å².